The van der Waals surface area contributed by atoms with E-state index in [0.717, 1.165) is 60.4 Å². The zero-order chi connectivity index (χ0) is 28.2. The molecule has 10 heteroatoms. The first-order chi connectivity index (χ1) is 20.6. The molecule has 2 fully saturated rings. The molecule has 0 aromatic carbocycles. The van der Waals surface area contributed by atoms with Crippen LogP contribution in [0.1, 0.15) is 43.4 Å². The molecule has 1 saturated heterocycles. The van der Waals surface area contributed by atoms with Crippen molar-refractivity contribution in [2.75, 3.05) is 22.1 Å². The minimum absolute atomic E-state index is 0.0301. The molecule has 0 spiro atoms. The van der Waals surface area contributed by atoms with Crippen LogP contribution in [-0.2, 0) is 4.79 Å². The minimum atomic E-state index is -0.430. The number of amides is 1. The maximum Gasteiger partial charge on any atom is 0.227 e. The molecule has 1 saturated carbocycles. The van der Waals surface area contributed by atoms with Crippen LogP contribution in [0.4, 0.5) is 21.5 Å². The highest BCUT2D eigenvalue weighted by molar-refractivity contribution is 7.08. The van der Waals surface area contributed by atoms with Crippen LogP contribution in [0.3, 0.4) is 0 Å². The minimum Gasteiger partial charge on any atom is -0.357 e. The van der Waals surface area contributed by atoms with Crippen LogP contribution in [0, 0.1) is 11.7 Å². The summed E-state index contributed by atoms with van der Waals surface area (Å²) >= 11 is 1.63. The lowest BCUT2D eigenvalue weighted by Crippen LogP contribution is -2.28. The van der Waals surface area contributed by atoms with Gasteiger partial charge in [-0.15, -0.1) is 0 Å². The number of pyridine rings is 2. The van der Waals surface area contributed by atoms with E-state index in [1.54, 1.807) is 23.7 Å². The van der Waals surface area contributed by atoms with Gasteiger partial charge in [-0.25, -0.2) is 4.39 Å². The van der Waals surface area contributed by atoms with E-state index >= 15 is 4.39 Å². The molecule has 2 aliphatic carbocycles. The van der Waals surface area contributed by atoms with Crippen LogP contribution in [-0.4, -0.2) is 34.3 Å². The third kappa shape index (κ3) is 4.34. The number of hydrogen-bond acceptors (Lipinski definition) is 8. The number of hydrogen-bond donors (Lipinski definition) is 3. The number of thiophene rings is 1. The van der Waals surface area contributed by atoms with Crippen molar-refractivity contribution < 1.29 is 9.18 Å². The number of fused-ring (bicyclic) bond motifs is 4. The summed E-state index contributed by atoms with van der Waals surface area (Å²) < 4.78 is 16.6. The summed E-state index contributed by atoms with van der Waals surface area (Å²) in [7, 11) is 0. The average molecular weight is 578 g/mol. The molecule has 1 amide bonds. The zero-order valence-corrected chi connectivity index (χ0v) is 23.5. The van der Waals surface area contributed by atoms with E-state index < -0.39 is 5.82 Å². The third-order valence-corrected chi connectivity index (χ3v) is 9.11. The summed E-state index contributed by atoms with van der Waals surface area (Å²) in [5, 5.41) is 14.1. The predicted octanol–water partition coefficient (Wildman–Crippen LogP) is 6.21. The van der Waals surface area contributed by atoms with Crippen LogP contribution in [0.2, 0.25) is 0 Å². The van der Waals surface area contributed by atoms with Crippen molar-refractivity contribution in [1.29, 1.82) is 0 Å². The molecule has 3 aromatic rings. The molecular weight excluding hydrogens is 549 g/mol. The van der Waals surface area contributed by atoms with Crippen molar-refractivity contribution in [2.24, 2.45) is 10.9 Å². The van der Waals surface area contributed by atoms with Crippen molar-refractivity contribution in [3.63, 3.8) is 0 Å². The molecule has 0 radical (unpaired) electrons. The normalized spacial score (nSPS) is 20.5. The fraction of sp³-hybridized carbons (Fsp3) is 0.250. The van der Waals surface area contributed by atoms with Crippen molar-refractivity contribution >= 4 is 45.6 Å². The first-order valence-corrected chi connectivity index (χ1v) is 15.3. The quantitative estimate of drug-likeness (QED) is 0.313. The Hall–Kier alpha value is -4.57. The summed E-state index contributed by atoms with van der Waals surface area (Å²) in [6.45, 7) is 0.724. The van der Waals surface area contributed by atoms with E-state index in [2.05, 4.69) is 37.4 Å². The topological polar surface area (TPSA) is 94.3 Å². The summed E-state index contributed by atoms with van der Waals surface area (Å²) in [6.07, 6.45) is 19.4. The number of nitrogens with one attached hydrogen (secondary N) is 3. The highest BCUT2D eigenvalue weighted by atomic mass is 32.1. The first kappa shape index (κ1) is 25.2. The highest BCUT2D eigenvalue weighted by Crippen LogP contribution is 2.43. The monoisotopic (exact) mass is 577 g/mol. The van der Waals surface area contributed by atoms with Crippen molar-refractivity contribution in [1.82, 2.24) is 15.3 Å². The molecule has 3 N–H and O–H groups in total. The Balaban J connectivity index is 1.13. The van der Waals surface area contributed by atoms with Gasteiger partial charge in [0.05, 0.1) is 53.0 Å². The Kier molecular flexibility index (Phi) is 6.03. The smallest absolute Gasteiger partial charge is 0.227 e. The molecule has 8 rings (SSSR count). The van der Waals surface area contributed by atoms with E-state index in [4.69, 9.17) is 4.99 Å². The van der Waals surface area contributed by atoms with Gasteiger partial charge in [-0.05, 0) is 53.8 Å². The molecule has 3 aliphatic heterocycles. The maximum absolute atomic E-state index is 16.6. The zero-order valence-electron chi connectivity index (χ0n) is 22.7. The van der Waals surface area contributed by atoms with E-state index in [0.29, 0.717) is 34.7 Å². The molecule has 8 nitrogen and oxygen atoms in total. The lowest BCUT2D eigenvalue weighted by atomic mass is 9.99. The van der Waals surface area contributed by atoms with Crippen molar-refractivity contribution in [2.45, 2.75) is 38.3 Å². The number of aromatic nitrogens is 2. The largest absolute Gasteiger partial charge is 0.357 e. The Morgan fingerprint density at radius 3 is 2.95 bits per heavy atom. The number of nitrogens with zero attached hydrogens (tertiary/aromatic N) is 4. The standard InChI is InChI=1S/C32H28FN7OS/c33-28-27-25(15-36-29(28)19-7-3-4-8-21(11-19)37-32(41)18-5-1-2-6-18)40-16-26(40)39-31(27)24-14-35-30-22(20-9-10-42-17-20)12-34-13-23(30)38-24/h4,7-15,17-18,26,35,38H,1-3,5-6,16H2,(H,37,41). The molecule has 42 heavy (non-hydrogen) atoms. The van der Waals surface area contributed by atoms with E-state index in [9.17, 15) is 4.79 Å². The summed E-state index contributed by atoms with van der Waals surface area (Å²) in [4.78, 5) is 28.8. The molecular formula is C32H28FN7OS. The predicted molar refractivity (Wildman–Crippen MR) is 165 cm³/mol. The Labute approximate surface area is 246 Å². The first-order valence-electron chi connectivity index (χ1n) is 14.3. The van der Waals surface area contributed by atoms with Gasteiger partial charge in [0.2, 0.25) is 5.91 Å². The number of anilines is 3. The van der Waals surface area contributed by atoms with Crippen LogP contribution in [0.25, 0.3) is 16.7 Å². The lowest BCUT2D eigenvalue weighted by Gasteiger charge is -2.26. The van der Waals surface area contributed by atoms with Gasteiger partial charge in [-0.2, -0.15) is 11.3 Å². The van der Waals surface area contributed by atoms with E-state index in [1.165, 1.54) is 0 Å². The second kappa shape index (κ2) is 10.1. The summed E-state index contributed by atoms with van der Waals surface area (Å²) in [5.41, 5.74) is 7.70. The summed E-state index contributed by atoms with van der Waals surface area (Å²) in [6, 6.07) is 2.06. The number of halogens is 1. The second-order valence-electron chi connectivity index (χ2n) is 11.1. The van der Waals surface area contributed by atoms with Gasteiger partial charge in [0.25, 0.3) is 0 Å². The summed E-state index contributed by atoms with van der Waals surface area (Å²) in [5.74, 6) is -0.356. The number of rotatable bonds is 5. The average Bonchev–Trinajstić information content (AvgIpc) is 3.35. The van der Waals surface area contributed by atoms with Crippen molar-refractivity contribution in [3.8, 4) is 11.1 Å². The third-order valence-electron chi connectivity index (χ3n) is 8.42. The van der Waals surface area contributed by atoms with Crippen LogP contribution in [0.5, 0.6) is 0 Å². The molecule has 1 unspecified atom stereocenters. The second-order valence-corrected chi connectivity index (χ2v) is 11.9. The fourth-order valence-corrected chi connectivity index (χ4v) is 6.83. The Morgan fingerprint density at radius 2 is 2.10 bits per heavy atom. The maximum atomic E-state index is 16.6. The van der Waals surface area contributed by atoms with Gasteiger partial charge in [0.1, 0.15) is 11.9 Å². The van der Waals surface area contributed by atoms with Gasteiger partial charge < -0.3 is 20.9 Å². The Morgan fingerprint density at radius 1 is 1.19 bits per heavy atom. The molecule has 1 atom stereocenters. The fourth-order valence-electron chi connectivity index (χ4n) is 6.18. The molecule has 5 aliphatic rings. The van der Waals surface area contributed by atoms with Crippen LogP contribution >= 0.6 is 11.3 Å². The molecule has 6 heterocycles. The molecule has 3 aromatic heterocycles. The molecule has 210 valence electrons. The van der Waals surface area contributed by atoms with Crippen molar-refractivity contribution in [3.05, 3.63) is 94.4 Å². The number of allylic oxidation sites excluding steroid dienone is 6. The van der Waals surface area contributed by atoms with Crippen LogP contribution in [0.15, 0.2) is 82.3 Å². The number of aliphatic imine (C=N–C) groups is 1. The lowest BCUT2D eigenvalue weighted by molar-refractivity contribution is -0.123. The number of carbonyl (C=O) groups is 1. The van der Waals surface area contributed by atoms with Gasteiger partial charge in [0.15, 0.2) is 5.82 Å². The van der Waals surface area contributed by atoms with Gasteiger partial charge in [0, 0.05) is 35.1 Å². The van der Waals surface area contributed by atoms with E-state index in [-0.39, 0.29) is 23.7 Å². The highest BCUT2D eigenvalue weighted by Gasteiger charge is 2.43. The van der Waals surface area contributed by atoms with Gasteiger partial charge in [-0.1, -0.05) is 25.0 Å². The van der Waals surface area contributed by atoms with E-state index in [1.807, 2.05) is 47.0 Å². The SMILES string of the molecule is O=C(NC1=CC(c2ncc3c(c2F)C(C2=CNc4c(cncc4-c4ccsc4)N2)=NC2CN32)=CCC=C1)C1CCCC1. The molecule has 0 bridgehead atoms. The number of carbonyl (C=O) groups excluding carboxylic acids is 1. The van der Waals surface area contributed by atoms with Crippen LogP contribution < -0.4 is 20.9 Å². The Bertz CT molecular complexity index is 1770. The van der Waals surface area contributed by atoms with Gasteiger partial charge in [-0.3, -0.25) is 19.8 Å². The van der Waals surface area contributed by atoms with Gasteiger partial charge >= 0.3 is 0 Å².